The topological polar surface area (TPSA) is 75.7 Å². The number of nitrogens with zero attached hydrogens (tertiary/aromatic N) is 1. The highest BCUT2D eigenvalue weighted by Crippen LogP contribution is 2.45. The first-order valence-corrected chi connectivity index (χ1v) is 15.1. The molecule has 194 valence electrons. The molecule has 0 aromatic heterocycles. The number of piperidine rings is 1. The van der Waals surface area contributed by atoms with Crippen LogP contribution in [-0.2, 0) is 16.6 Å². The second-order valence-electron chi connectivity index (χ2n) is 10.1. The summed E-state index contributed by atoms with van der Waals surface area (Å²) in [5.74, 6) is -0.654. The molecule has 1 saturated heterocycles. The Morgan fingerprint density at radius 3 is 2.47 bits per heavy atom. The monoisotopic (exact) mass is 598 g/mol. The smallest absolute Gasteiger partial charge is 0.267 e. The fourth-order valence-electron chi connectivity index (χ4n) is 4.64. The van der Waals surface area contributed by atoms with E-state index in [4.69, 9.17) is 16.3 Å². The van der Waals surface area contributed by atoms with Crippen LogP contribution < -0.4 is 9.46 Å². The molecule has 10 heteroatoms. The van der Waals surface area contributed by atoms with Crippen molar-refractivity contribution in [3.8, 4) is 5.75 Å². The Morgan fingerprint density at radius 2 is 1.83 bits per heavy atom. The van der Waals surface area contributed by atoms with Gasteiger partial charge in [-0.25, -0.2) is 17.5 Å². The van der Waals surface area contributed by atoms with Gasteiger partial charge < -0.3 is 4.74 Å². The number of amides is 1. The van der Waals surface area contributed by atoms with Crippen molar-refractivity contribution in [3.05, 3.63) is 62.3 Å². The molecule has 0 radical (unpaired) electrons. The van der Waals surface area contributed by atoms with Crippen LogP contribution in [0.3, 0.4) is 0 Å². The van der Waals surface area contributed by atoms with Crippen LogP contribution in [-0.4, -0.2) is 44.2 Å². The van der Waals surface area contributed by atoms with Gasteiger partial charge in [-0.1, -0.05) is 33.6 Å². The summed E-state index contributed by atoms with van der Waals surface area (Å²) in [7, 11) is -3.74. The number of ether oxygens (including phenoxy) is 1. The second-order valence-corrected chi connectivity index (χ2v) is 13.4. The fraction of sp³-hybridized carbons (Fsp3) is 0.500. The van der Waals surface area contributed by atoms with Gasteiger partial charge in [0.15, 0.2) is 0 Å². The van der Waals surface area contributed by atoms with E-state index in [1.165, 1.54) is 12.1 Å². The number of benzene rings is 2. The summed E-state index contributed by atoms with van der Waals surface area (Å²) in [6, 6.07) is 8.68. The molecule has 0 spiro atoms. The van der Waals surface area contributed by atoms with Crippen LogP contribution in [0.1, 0.15) is 65.9 Å². The number of sulfonamides is 1. The molecule has 3 fully saturated rings. The van der Waals surface area contributed by atoms with Gasteiger partial charge in [-0.3, -0.25) is 9.69 Å². The summed E-state index contributed by atoms with van der Waals surface area (Å²) in [4.78, 5) is 14.9. The maximum absolute atomic E-state index is 14.9. The first kappa shape index (κ1) is 25.9. The number of hydrogen-bond acceptors (Lipinski definition) is 5. The molecule has 1 N–H and O–H groups in total. The molecule has 1 aliphatic heterocycles. The predicted molar refractivity (Wildman–Crippen MR) is 140 cm³/mol. The Kier molecular flexibility index (Phi) is 7.64. The highest BCUT2D eigenvalue weighted by Gasteiger charge is 2.38. The number of likely N-dealkylation sites (tertiary alicyclic amines) is 1. The average molecular weight is 600 g/mol. The summed E-state index contributed by atoms with van der Waals surface area (Å²) >= 11 is 9.81. The van der Waals surface area contributed by atoms with E-state index < -0.39 is 27.0 Å². The van der Waals surface area contributed by atoms with Crippen LogP contribution >= 0.6 is 27.5 Å². The lowest BCUT2D eigenvalue weighted by molar-refractivity contribution is 0.0977. The third-order valence-electron chi connectivity index (χ3n) is 7.15. The molecule has 3 aliphatic rings. The van der Waals surface area contributed by atoms with E-state index in [1.807, 2.05) is 22.9 Å². The molecule has 2 aliphatic carbocycles. The lowest BCUT2D eigenvalue weighted by atomic mass is 9.97. The van der Waals surface area contributed by atoms with Crippen molar-refractivity contribution in [2.75, 3.05) is 19.7 Å². The largest absolute Gasteiger partial charge is 0.493 e. The van der Waals surface area contributed by atoms with Crippen LogP contribution in [0.25, 0.3) is 0 Å². The van der Waals surface area contributed by atoms with Gasteiger partial charge in [0, 0.05) is 22.1 Å². The number of halogens is 3. The summed E-state index contributed by atoms with van der Waals surface area (Å²) in [6.07, 6.45) is 4.88. The van der Waals surface area contributed by atoms with E-state index in [0.717, 1.165) is 65.9 Å². The molecular weight excluding hydrogens is 571 g/mol. The van der Waals surface area contributed by atoms with E-state index in [0.29, 0.717) is 31.1 Å². The molecule has 2 saturated carbocycles. The Bertz CT molecular complexity index is 1260. The third kappa shape index (κ3) is 6.23. The van der Waals surface area contributed by atoms with Crippen molar-refractivity contribution >= 4 is 43.5 Å². The lowest BCUT2D eigenvalue weighted by Crippen LogP contribution is -2.35. The third-order valence-corrected chi connectivity index (χ3v) is 9.81. The highest BCUT2D eigenvalue weighted by atomic mass is 79.9. The molecule has 0 bridgehead atoms. The molecule has 5 rings (SSSR count). The Balaban J connectivity index is 1.19. The average Bonchev–Trinajstić information content (AvgIpc) is 3.73. The van der Waals surface area contributed by atoms with Gasteiger partial charge in [0.1, 0.15) is 11.6 Å². The molecule has 36 heavy (non-hydrogen) atoms. The van der Waals surface area contributed by atoms with Gasteiger partial charge in [0.05, 0.1) is 17.4 Å². The number of rotatable bonds is 9. The molecular formula is C26H29BrClFN2O4S. The van der Waals surface area contributed by atoms with Crippen molar-refractivity contribution < 1.29 is 22.3 Å². The molecule has 2 aromatic carbocycles. The lowest BCUT2D eigenvalue weighted by Gasteiger charge is -2.32. The van der Waals surface area contributed by atoms with E-state index in [9.17, 15) is 17.6 Å². The quantitative estimate of drug-likeness (QED) is 0.404. The Labute approximate surface area is 224 Å². The zero-order valence-corrected chi connectivity index (χ0v) is 23.0. The first-order chi connectivity index (χ1) is 17.2. The van der Waals surface area contributed by atoms with Gasteiger partial charge in [0.25, 0.3) is 5.91 Å². The second kappa shape index (κ2) is 10.6. The standard InChI is InChI=1S/C26H29BrClFN2O4S/c27-19-4-3-18(23(28)11-19)14-31-9-7-16(8-10-31)15-35-25-13-24(29)22(12-21(25)17-1-2-17)26(32)30-36(33,34)20-5-6-20/h3-4,11-13,16-17,20H,1-2,5-10,14-15H2,(H,30,32). The van der Waals surface area contributed by atoms with E-state index in [2.05, 4.69) is 20.8 Å². The van der Waals surface area contributed by atoms with Gasteiger partial charge >= 0.3 is 0 Å². The van der Waals surface area contributed by atoms with Gasteiger partial charge in [-0.2, -0.15) is 0 Å². The first-order valence-electron chi connectivity index (χ1n) is 12.4. The molecule has 6 nitrogen and oxygen atoms in total. The van der Waals surface area contributed by atoms with Crippen molar-refractivity contribution in [2.24, 2.45) is 5.92 Å². The van der Waals surface area contributed by atoms with Crippen LogP contribution in [0.15, 0.2) is 34.8 Å². The van der Waals surface area contributed by atoms with Crippen LogP contribution in [0.2, 0.25) is 5.02 Å². The van der Waals surface area contributed by atoms with E-state index in [1.54, 1.807) is 0 Å². The molecule has 1 heterocycles. The van der Waals surface area contributed by atoms with Crippen LogP contribution in [0.5, 0.6) is 5.75 Å². The van der Waals surface area contributed by atoms with Crippen LogP contribution in [0, 0.1) is 11.7 Å². The number of nitrogens with one attached hydrogen (secondary N) is 1. The van der Waals surface area contributed by atoms with Crippen molar-refractivity contribution in [3.63, 3.8) is 0 Å². The maximum Gasteiger partial charge on any atom is 0.267 e. The fourth-order valence-corrected chi connectivity index (χ4v) is 6.66. The van der Waals surface area contributed by atoms with Crippen LogP contribution in [0.4, 0.5) is 4.39 Å². The Hall–Kier alpha value is -1.68. The normalized spacial score (nSPS) is 19.3. The number of carbonyl (C=O) groups is 1. The predicted octanol–water partition coefficient (Wildman–Crippen LogP) is 5.63. The van der Waals surface area contributed by atoms with E-state index in [-0.39, 0.29) is 11.5 Å². The van der Waals surface area contributed by atoms with Crippen molar-refractivity contribution in [1.29, 1.82) is 0 Å². The zero-order chi connectivity index (χ0) is 25.4. The minimum Gasteiger partial charge on any atom is -0.493 e. The minimum atomic E-state index is -3.74. The highest BCUT2D eigenvalue weighted by molar-refractivity contribution is 9.10. The summed E-state index contributed by atoms with van der Waals surface area (Å²) in [5.41, 5.74) is 1.65. The van der Waals surface area contributed by atoms with Gasteiger partial charge in [-0.15, -0.1) is 0 Å². The van der Waals surface area contributed by atoms with E-state index >= 15 is 0 Å². The summed E-state index contributed by atoms with van der Waals surface area (Å²) in [6.45, 7) is 3.14. The Morgan fingerprint density at radius 1 is 1.11 bits per heavy atom. The molecule has 2 aromatic rings. The van der Waals surface area contributed by atoms with Crippen molar-refractivity contribution in [1.82, 2.24) is 9.62 Å². The summed E-state index contributed by atoms with van der Waals surface area (Å²) < 4.78 is 48.2. The molecule has 0 unspecified atom stereocenters. The summed E-state index contributed by atoms with van der Waals surface area (Å²) in [5, 5.41) is 0.208. The minimum absolute atomic E-state index is 0.213. The SMILES string of the molecule is O=C(NS(=O)(=O)C1CC1)c1cc(C2CC2)c(OCC2CCN(Cc3ccc(Br)cc3Cl)CC2)cc1F. The van der Waals surface area contributed by atoms with Crippen molar-refractivity contribution in [2.45, 2.75) is 56.2 Å². The number of hydrogen-bond donors (Lipinski definition) is 1. The zero-order valence-electron chi connectivity index (χ0n) is 19.8. The van der Waals surface area contributed by atoms with Gasteiger partial charge in [-0.05, 0) is 92.8 Å². The molecule has 1 amide bonds. The number of carbonyl (C=O) groups excluding carboxylic acids is 1. The maximum atomic E-state index is 14.9. The molecule has 0 atom stereocenters. The van der Waals surface area contributed by atoms with Gasteiger partial charge in [0.2, 0.25) is 10.0 Å².